The maximum atomic E-state index is 12.4. The molecule has 0 bridgehead atoms. The van der Waals surface area contributed by atoms with Crippen LogP contribution in [0.25, 0.3) is 0 Å². The Morgan fingerprint density at radius 2 is 1.95 bits per heavy atom. The van der Waals surface area contributed by atoms with E-state index in [0.717, 1.165) is 0 Å². The van der Waals surface area contributed by atoms with Crippen molar-refractivity contribution in [2.24, 2.45) is 0 Å². The van der Waals surface area contributed by atoms with Crippen LogP contribution < -0.4 is 10.0 Å². The molecule has 0 aliphatic carbocycles. The highest BCUT2D eigenvalue weighted by molar-refractivity contribution is 7.92. The maximum Gasteiger partial charge on any atom is 0.264 e. The Labute approximate surface area is 133 Å². The van der Waals surface area contributed by atoms with E-state index in [2.05, 4.69) is 15.0 Å². The van der Waals surface area contributed by atoms with Gasteiger partial charge in [0.1, 0.15) is 10.7 Å². The third-order valence-corrected chi connectivity index (χ3v) is 4.83. The first-order valence-electron chi connectivity index (χ1n) is 6.00. The van der Waals surface area contributed by atoms with E-state index in [1.165, 1.54) is 18.3 Å². The van der Waals surface area contributed by atoms with Crippen LogP contribution in [0, 0.1) is 0 Å². The van der Waals surface area contributed by atoms with Crippen molar-refractivity contribution < 1.29 is 8.42 Å². The molecule has 0 aliphatic heterocycles. The van der Waals surface area contributed by atoms with Crippen molar-refractivity contribution in [1.29, 1.82) is 0 Å². The van der Waals surface area contributed by atoms with E-state index in [-0.39, 0.29) is 15.7 Å². The van der Waals surface area contributed by atoms with Gasteiger partial charge in [-0.05, 0) is 36.9 Å². The first-order chi connectivity index (χ1) is 9.94. The van der Waals surface area contributed by atoms with Gasteiger partial charge in [-0.25, -0.2) is 13.4 Å². The van der Waals surface area contributed by atoms with Gasteiger partial charge < -0.3 is 5.32 Å². The van der Waals surface area contributed by atoms with Crippen LogP contribution in [0.1, 0.15) is 5.56 Å². The summed E-state index contributed by atoms with van der Waals surface area (Å²) in [4.78, 5) is 3.89. The van der Waals surface area contributed by atoms with E-state index >= 15 is 0 Å². The van der Waals surface area contributed by atoms with E-state index in [1.54, 1.807) is 25.2 Å². The Morgan fingerprint density at radius 1 is 1.19 bits per heavy atom. The Bertz CT molecular complexity index is 737. The lowest BCUT2D eigenvalue weighted by atomic mass is 10.2. The van der Waals surface area contributed by atoms with E-state index in [0.29, 0.717) is 17.1 Å². The van der Waals surface area contributed by atoms with Crippen LogP contribution in [0.2, 0.25) is 10.0 Å². The molecule has 1 heterocycles. The predicted octanol–water partition coefficient (Wildman–Crippen LogP) is 2.91. The summed E-state index contributed by atoms with van der Waals surface area (Å²) in [5.41, 5.74) is 0.643. The molecule has 8 heteroatoms. The van der Waals surface area contributed by atoms with E-state index < -0.39 is 10.0 Å². The van der Waals surface area contributed by atoms with Gasteiger partial charge in [-0.15, -0.1) is 0 Å². The highest BCUT2D eigenvalue weighted by Crippen LogP contribution is 2.29. The van der Waals surface area contributed by atoms with Crippen LogP contribution in [0.4, 0.5) is 5.82 Å². The quantitative estimate of drug-likeness (QED) is 0.873. The minimum atomic E-state index is -3.83. The molecule has 0 aliphatic rings. The molecule has 2 rings (SSSR count). The van der Waals surface area contributed by atoms with Gasteiger partial charge >= 0.3 is 0 Å². The fourth-order valence-electron chi connectivity index (χ4n) is 1.72. The minimum absolute atomic E-state index is 0.0375. The molecular weight excluding hydrogens is 333 g/mol. The van der Waals surface area contributed by atoms with E-state index in [1.807, 2.05) is 0 Å². The first kappa shape index (κ1) is 16.0. The molecule has 0 saturated carbocycles. The molecule has 1 aromatic carbocycles. The molecular formula is C13H13Cl2N3O2S. The molecule has 0 amide bonds. The summed E-state index contributed by atoms with van der Waals surface area (Å²) in [7, 11) is -2.09. The molecule has 1 aromatic heterocycles. The van der Waals surface area contributed by atoms with E-state index in [9.17, 15) is 8.42 Å². The fraction of sp³-hybridized carbons (Fsp3) is 0.154. The summed E-state index contributed by atoms with van der Waals surface area (Å²) in [6.07, 6.45) is 1.49. The average molecular weight is 346 g/mol. The number of sulfonamides is 1. The number of anilines is 1. The van der Waals surface area contributed by atoms with Crippen molar-refractivity contribution in [1.82, 2.24) is 10.3 Å². The van der Waals surface area contributed by atoms with Gasteiger partial charge in [0.15, 0.2) is 0 Å². The molecule has 0 spiro atoms. The Hall–Kier alpha value is -1.34. The van der Waals surface area contributed by atoms with Gasteiger partial charge in [0.05, 0.1) is 5.02 Å². The van der Waals surface area contributed by atoms with Crippen molar-refractivity contribution in [2.75, 3.05) is 11.8 Å². The number of rotatable bonds is 5. The molecule has 0 unspecified atom stereocenters. The number of hydrogen-bond acceptors (Lipinski definition) is 4. The van der Waals surface area contributed by atoms with Gasteiger partial charge in [-0.1, -0.05) is 29.3 Å². The molecule has 0 atom stereocenters. The monoisotopic (exact) mass is 345 g/mol. The Kier molecular flexibility index (Phi) is 5.05. The van der Waals surface area contributed by atoms with Crippen LogP contribution in [0.5, 0.6) is 0 Å². The van der Waals surface area contributed by atoms with Crippen molar-refractivity contribution in [3.05, 3.63) is 52.1 Å². The maximum absolute atomic E-state index is 12.4. The Morgan fingerprint density at radius 3 is 2.57 bits per heavy atom. The van der Waals surface area contributed by atoms with Crippen molar-refractivity contribution in [3.63, 3.8) is 0 Å². The van der Waals surface area contributed by atoms with Gasteiger partial charge in [-0.3, -0.25) is 4.72 Å². The van der Waals surface area contributed by atoms with Crippen LogP contribution >= 0.6 is 23.2 Å². The molecule has 5 nitrogen and oxygen atoms in total. The third-order valence-electron chi connectivity index (χ3n) is 2.66. The highest BCUT2D eigenvalue weighted by Gasteiger charge is 2.20. The summed E-state index contributed by atoms with van der Waals surface area (Å²) in [5, 5.41) is 3.38. The second-order valence-corrected chi connectivity index (χ2v) is 6.69. The van der Waals surface area contributed by atoms with Crippen LogP contribution in [-0.2, 0) is 16.6 Å². The summed E-state index contributed by atoms with van der Waals surface area (Å²) in [6.45, 7) is 0.433. The second kappa shape index (κ2) is 6.62. The van der Waals surface area contributed by atoms with Crippen molar-refractivity contribution in [3.8, 4) is 0 Å². The second-order valence-electron chi connectivity index (χ2n) is 4.22. The molecule has 0 saturated heterocycles. The lowest BCUT2D eigenvalue weighted by Gasteiger charge is -2.12. The van der Waals surface area contributed by atoms with Crippen LogP contribution in [-0.4, -0.2) is 20.4 Å². The van der Waals surface area contributed by atoms with E-state index in [4.69, 9.17) is 23.2 Å². The van der Waals surface area contributed by atoms with Crippen molar-refractivity contribution >= 4 is 39.0 Å². The summed E-state index contributed by atoms with van der Waals surface area (Å²) in [5.74, 6) is 0.221. The lowest BCUT2D eigenvalue weighted by molar-refractivity contribution is 0.601. The molecule has 0 fully saturated rings. The standard InChI is InChI=1S/C13H13Cl2N3O2S/c1-16-8-9-6-12(11(15)7-10(9)14)21(19,20)18-13-4-2-3-5-17-13/h2-7,16H,8H2,1H3,(H,17,18). The molecule has 2 aromatic rings. The number of nitrogens with zero attached hydrogens (tertiary/aromatic N) is 1. The zero-order valence-electron chi connectivity index (χ0n) is 11.1. The van der Waals surface area contributed by atoms with Crippen LogP contribution in [0.15, 0.2) is 41.4 Å². The predicted molar refractivity (Wildman–Crippen MR) is 84.3 cm³/mol. The van der Waals surface area contributed by atoms with Gasteiger partial charge in [0.2, 0.25) is 0 Å². The summed E-state index contributed by atoms with van der Waals surface area (Å²) in [6, 6.07) is 7.80. The summed E-state index contributed by atoms with van der Waals surface area (Å²) >= 11 is 12.0. The largest absolute Gasteiger partial charge is 0.316 e. The minimum Gasteiger partial charge on any atom is -0.316 e. The van der Waals surface area contributed by atoms with Gasteiger partial charge in [0.25, 0.3) is 10.0 Å². The molecule has 21 heavy (non-hydrogen) atoms. The highest BCUT2D eigenvalue weighted by atomic mass is 35.5. The average Bonchev–Trinajstić information content (AvgIpc) is 2.42. The number of pyridine rings is 1. The van der Waals surface area contributed by atoms with Gasteiger partial charge in [-0.2, -0.15) is 0 Å². The van der Waals surface area contributed by atoms with Gasteiger partial charge in [0, 0.05) is 17.8 Å². The fourth-order valence-corrected chi connectivity index (χ4v) is 3.59. The van der Waals surface area contributed by atoms with Crippen LogP contribution in [0.3, 0.4) is 0 Å². The topological polar surface area (TPSA) is 71.1 Å². The molecule has 112 valence electrons. The zero-order chi connectivity index (χ0) is 15.5. The number of hydrogen-bond donors (Lipinski definition) is 2. The smallest absolute Gasteiger partial charge is 0.264 e. The normalized spacial score (nSPS) is 11.4. The number of halogens is 2. The SMILES string of the molecule is CNCc1cc(S(=O)(=O)Nc2ccccn2)c(Cl)cc1Cl. The summed E-state index contributed by atoms with van der Waals surface area (Å²) < 4.78 is 27.2. The molecule has 2 N–H and O–H groups in total. The number of benzene rings is 1. The lowest BCUT2D eigenvalue weighted by Crippen LogP contribution is -2.15. The molecule has 0 radical (unpaired) electrons. The number of nitrogens with one attached hydrogen (secondary N) is 2. The zero-order valence-corrected chi connectivity index (χ0v) is 13.4. The van der Waals surface area contributed by atoms with Crippen molar-refractivity contribution in [2.45, 2.75) is 11.4 Å². The number of aromatic nitrogens is 1. The third kappa shape index (κ3) is 3.85. The Balaban J connectivity index is 2.42. The first-order valence-corrected chi connectivity index (χ1v) is 8.24.